The van der Waals surface area contributed by atoms with E-state index in [0.717, 1.165) is 29.7 Å². The first-order valence-corrected chi connectivity index (χ1v) is 7.09. The van der Waals surface area contributed by atoms with Gasteiger partial charge in [0.05, 0.1) is 0 Å². The van der Waals surface area contributed by atoms with Crippen molar-refractivity contribution in [2.24, 2.45) is 0 Å². The molecule has 0 amide bonds. The highest BCUT2D eigenvalue weighted by Gasteiger charge is 2.14. The minimum atomic E-state index is 0.243. The van der Waals surface area contributed by atoms with Gasteiger partial charge < -0.3 is 10.1 Å². The molecule has 0 spiro atoms. The monoisotopic (exact) mass is 267 g/mol. The van der Waals surface area contributed by atoms with Crippen LogP contribution in [0.5, 0.6) is 5.75 Å². The first-order chi connectivity index (χ1) is 9.77. The largest absolute Gasteiger partial charge is 0.480 e. The Hall–Kier alpha value is -1.98. The third kappa shape index (κ3) is 3.12. The van der Waals surface area contributed by atoms with Gasteiger partial charge in [0, 0.05) is 17.0 Å². The fourth-order valence-electron chi connectivity index (χ4n) is 2.35. The summed E-state index contributed by atoms with van der Waals surface area (Å²) < 4.78 is 5.82. The zero-order valence-corrected chi connectivity index (χ0v) is 12.1. The van der Waals surface area contributed by atoms with Gasteiger partial charge in [0.25, 0.3) is 0 Å². The predicted octanol–water partition coefficient (Wildman–Crippen LogP) is 3.91. The maximum Gasteiger partial charge on any atom is 0.148 e. The highest BCUT2D eigenvalue weighted by Crippen LogP contribution is 2.33. The van der Waals surface area contributed by atoms with Gasteiger partial charge in [-0.1, -0.05) is 49.2 Å². The third-order valence-corrected chi connectivity index (χ3v) is 3.38. The van der Waals surface area contributed by atoms with Crippen LogP contribution in [0, 0.1) is 12.3 Å². The Bertz CT molecular complexity index is 612. The van der Waals surface area contributed by atoms with E-state index >= 15 is 0 Å². The first-order valence-electron chi connectivity index (χ1n) is 7.09. The predicted molar refractivity (Wildman–Crippen MR) is 85.0 cm³/mol. The van der Waals surface area contributed by atoms with E-state index in [1.165, 1.54) is 5.39 Å². The molecular weight excluding hydrogens is 246 g/mol. The molecule has 0 aliphatic heterocycles. The van der Waals surface area contributed by atoms with E-state index < -0.39 is 0 Å². The van der Waals surface area contributed by atoms with E-state index in [4.69, 9.17) is 11.2 Å². The summed E-state index contributed by atoms with van der Waals surface area (Å²) in [6.07, 6.45) is 6.45. The number of hydrogen-bond acceptors (Lipinski definition) is 2. The molecule has 2 nitrogen and oxygen atoms in total. The molecule has 0 bridgehead atoms. The average molecular weight is 267 g/mol. The molecule has 1 unspecified atom stereocenters. The molecule has 2 aromatic rings. The molecule has 1 N–H and O–H groups in total. The van der Waals surface area contributed by atoms with Crippen LogP contribution in [0.15, 0.2) is 36.4 Å². The molecule has 0 fully saturated rings. The minimum Gasteiger partial charge on any atom is -0.480 e. The summed E-state index contributed by atoms with van der Waals surface area (Å²) in [6, 6.07) is 12.7. The lowest BCUT2D eigenvalue weighted by atomic mass is 10.0. The molecule has 1 atom stereocenters. The topological polar surface area (TPSA) is 21.3 Å². The van der Waals surface area contributed by atoms with Crippen LogP contribution in [-0.2, 0) is 0 Å². The second-order valence-corrected chi connectivity index (χ2v) is 4.87. The van der Waals surface area contributed by atoms with Crippen LogP contribution >= 0.6 is 0 Å². The molecule has 0 saturated heterocycles. The smallest absolute Gasteiger partial charge is 0.148 e. The van der Waals surface area contributed by atoms with Gasteiger partial charge in [-0.25, -0.2) is 0 Å². The molecule has 104 valence electrons. The van der Waals surface area contributed by atoms with Gasteiger partial charge in [0.2, 0.25) is 0 Å². The number of ether oxygens (including phenoxy) is 1. The fraction of sp³-hybridized carbons (Fsp3) is 0.333. The number of hydrogen-bond donors (Lipinski definition) is 1. The summed E-state index contributed by atoms with van der Waals surface area (Å²) in [5, 5.41) is 5.79. The maximum absolute atomic E-state index is 5.82. The van der Waals surface area contributed by atoms with Gasteiger partial charge >= 0.3 is 0 Å². The highest BCUT2D eigenvalue weighted by atomic mass is 16.5. The second-order valence-electron chi connectivity index (χ2n) is 4.87. The number of benzene rings is 2. The van der Waals surface area contributed by atoms with Crippen LogP contribution in [0.25, 0.3) is 10.8 Å². The molecule has 0 aliphatic rings. The van der Waals surface area contributed by atoms with Crippen molar-refractivity contribution in [2.45, 2.75) is 26.3 Å². The molecule has 2 heteroatoms. The summed E-state index contributed by atoms with van der Waals surface area (Å²) >= 11 is 0. The minimum absolute atomic E-state index is 0.243. The van der Waals surface area contributed by atoms with Gasteiger partial charge in [0.15, 0.2) is 0 Å². The molecule has 2 aromatic carbocycles. The van der Waals surface area contributed by atoms with Gasteiger partial charge in [-0.3, -0.25) is 0 Å². The lowest BCUT2D eigenvalue weighted by Gasteiger charge is -2.19. The van der Waals surface area contributed by atoms with Crippen LogP contribution in [0.2, 0.25) is 0 Å². The zero-order valence-electron chi connectivity index (χ0n) is 12.1. The van der Waals surface area contributed by atoms with Crippen LogP contribution in [0.1, 0.15) is 31.9 Å². The molecule has 0 radical (unpaired) electrons. The van der Waals surface area contributed by atoms with E-state index in [1.807, 2.05) is 12.1 Å². The summed E-state index contributed by atoms with van der Waals surface area (Å²) in [6.45, 7) is 5.60. The highest BCUT2D eigenvalue weighted by molar-refractivity contribution is 5.89. The normalized spacial score (nSPS) is 12.1. The molecule has 0 aliphatic carbocycles. The van der Waals surface area contributed by atoms with Crippen molar-refractivity contribution in [1.29, 1.82) is 0 Å². The molecule has 2 rings (SSSR count). The van der Waals surface area contributed by atoms with Crippen molar-refractivity contribution in [3.8, 4) is 18.1 Å². The number of rotatable bonds is 6. The summed E-state index contributed by atoms with van der Waals surface area (Å²) in [4.78, 5) is 0. The Labute approximate surface area is 121 Å². The van der Waals surface area contributed by atoms with Crippen molar-refractivity contribution in [3.63, 3.8) is 0 Å². The molecule has 0 aromatic heterocycles. The Morgan fingerprint density at radius 3 is 2.80 bits per heavy atom. The maximum atomic E-state index is 5.82. The van der Waals surface area contributed by atoms with Crippen molar-refractivity contribution in [1.82, 2.24) is 5.32 Å². The van der Waals surface area contributed by atoms with E-state index in [-0.39, 0.29) is 6.04 Å². The van der Waals surface area contributed by atoms with Crippen LogP contribution in [-0.4, -0.2) is 13.2 Å². The van der Waals surface area contributed by atoms with Crippen molar-refractivity contribution < 1.29 is 4.74 Å². The standard InChI is InChI=1S/C18H21NO/c1-4-12-19-14(3)16-11-10-15-8-6-7-9-17(15)18(16)20-13-5-2/h2,6-11,14,19H,4,12-13H2,1,3H3. The Morgan fingerprint density at radius 1 is 1.25 bits per heavy atom. The van der Waals surface area contributed by atoms with E-state index in [2.05, 4.69) is 49.4 Å². The lowest BCUT2D eigenvalue weighted by molar-refractivity contribution is 0.365. The average Bonchev–Trinajstić information content (AvgIpc) is 2.50. The van der Waals surface area contributed by atoms with Gasteiger partial charge in [-0.15, -0.1) is 6.42 Å². The number of terminal acetylenes is 1. The van der Waals surface area contributed by atoms with Gasteiger partial charge in [-0.2, -0.15) is 0 Å². The van der Waals surface area contributed by atoms with Crippen molar-refractivity contribution in [2.75, 3.05) is 13.2 Å². The quantitative estimate of drug-likeness (QED) is 0.801. The van der Waals surface area contributed by atoms with Crippen molar-refractivity contribution in [3.05, 3.63) is 42.0 Å². The Kier molecular flexibility index (Phi) is 5.03. The second kappa shape index (κ2) is 6.98. The summed E-state index contributed by atoms with van der Waals surface area (Å²) in [5.74, 6) is 3.45. The molecule has 0 saturated carbocycles. The van der Waals surface area contributed by atoms with Crippen LogP contribution in [0.4, 0.5) is 0 Å². The third-order valence-electron chi connectivity index (χ3n) is 3.38. The van der Waals surface area contributed by atoms with E-state index in [9.17, 15) is 0 Å². The summed E-state index contributed by atoms with van der Waals surface area (Å²) in [5.41, 5.74) is 1.16. The Balaban J connectivity index is 2.44. The van der Waals surface area contributed by atoms with E-state index in [1.54, 1.807) is 0 Å². The molecule has 0 heterocycles. The summed E-state index contributed by atoms with van der Waals surface area (Å²) in [7, 11) is 0. The van der Waals surface area contributed by atoms with Crippen LogP contribution in [0.3, 0.4) is 0 Å². The first kappa shape index (κ1) is 14.4. The fourth-order valence-corrected chi connectivity index (χ4v) is 2.35. The van der Waals surface area contributed by atoms with E-state index in [0.29, 0.717) is 6.61 Å². The zero-order chi connectivity index (χ0) is 14.4. The van der Waals surface area contributed by atoms with Gasteiger partial charge in [0.1, 0.15) is 12.4 Å². The number of nitrogens with one attached hydrogen (secondary N) is 1. The Morgan fingerprint density at radius 2 is 2.05 bits per heavy atom. The van der Waals surface area contributed by atoms with Gasteiger partial charge in [-0.05, 0) is 25.3 Å². The molecular formula is C18H21NO. The molecule has 20 heavy (non-hydrogen) atoms. The SMILES string of the molecule is C#CCOc1c(C(C)NCCC)ccc2ccccc12. The van der Waals surface area contributed by atoms with Crippen molar-refractivity contribution >= 4 is 10.8 Å². The lowest BCUT2D eigenvalue weighted by Crippen LogP contribution is -2.20. The number of fused-ring (bicyclic) bond motifs is 1. The van der Waals surface area contributed by atoms with Crippen LogP contribution < -0.4 is 10.1 Å².